The van der Waals surface area contributed by atoms with Gasteiger partial charge in [-0.05, 0) is 38.4 Å². The number of hydrogen-bond acceptors (Lipinski definition) is 1. The minimum Gasteiger partial charge on any atom is -0.412 e. The highest BCUT2D eigenvalue weighted by atomic mass is 127. The van der Waals surface area contributed by atoms with Gasteiger partial charge in [0.2, 0.25) is 0 Å². The fraction of sp³-hybridized carbons (Fsp3) is 1.00. The Labute approximate surface area is 104 Å². The van der Waals surface area contributed by atoms with E-state index in [1.807, 2.05) is 0 Å². The van der Waals surface area contributed by atoms with E-state index in [-0.39, 0.29) is 5.60 Å². The first-order chi connectivity index (χ1) is 6.45. The first-order valence-corrected chi connectivity index (χ1v) is 9.77. The van der Waals surface area contributed by atoms with Gasteiger partial charge in [-0.25, -0.2) is 0 Å². The summed E-state index contributed by atoms with van der Waals surface area (Å²) in [5.74, 6) is 0. The monoisotopic (exact) mass is 328 g/mol. The molecule has 0 saturated heterocycles. The van der Waals surface area contributed by atoms with Crippen LogP contribution in [0.4, 0.5) is 0 Å². The van der Waals surface area contributed by atoms with Crippen molar-refractivity contribution >= 4 is 30.9 Å². The summed E-state index contributed by atoms with van der Waals surface area (Å²) in [6, 6.07) is 3.76. The molecule has 86 valence electrons. The molecular weight excluding hydrogens is 303 g/mol. The highest BCUT2D eigenvalue weighted by Gasteiger charge is 2.34. The molecular formula is C11H25IOSi. The smallest absolute Gasteiger partial charge is 0.192 e. The van der Waals surface area contributed by atoms with E-state index in [0.29, 0.717) is 0 Å². The molecule has 0 rings (SSSR count). The summed E-state index contributed by atoms with van der Waals surface area (Å²) in [4.78, 5) is 0. The van der Waals surface area contributed by atoms with Crippen molar-refractivity contribution in [2.45, 2.75) is 64.8 Å². The van der Waals surface area contributed by atoms with E-state index in [1.54, 1.807) is 0 Å². The maximum absolute atomic E-state index is 6.45. The fourth-order valence-electron chi connectivity index (χ4n) is 1.83. The first-order valence-electron chi connectivity index (χ1n) is 5.71. The zero-order chi connectivity index (χ0) is 11.2. The molecule has 0 aromatic heterocycles. The van der Waals surface area contributed by atoms with Crippen molar-refractivity contribution in [3.8, 4) is 0 Å². The van der Waals surface area contributed by atoms with E-state index in [4.69, 9.17) is 4.43 Å². The molecule has 0 fully saturated rings. The molecule has 0 N–H and O–H groups in total. The zero-order valence-electron chi connectivity index (χ0n) is 10.3. The van der Waals surface area contributed by atoms with Gasteiger partial charge in [0.25, 0.3) is 0 Å². The molecule has 0 atom stereocenters. The second-order valence-electron chi connectivity index (χ2n) is 4.54. The van der Waals surface area contributed by atoms with Gasteiger partial charge in [0.05, 0.1) is 5.60 Å². The van der Waals surface area contributed by atoms with Gasteiger partial charge in [-0.3, -0.25) is 0 Å². The third kappa shape index (κ3) is 4.62. The van der Waals surface area contributed by atoms with Crippen LogP contribution < -0.4 is 0 Å². The number of rotatable bonds is 7. The van der Waals surface area contributed by atoms with Crippen LogP contribution in [0.5, 0.6) is 0 Å². The van der Waals surface area contributed by atoms with E-state index in [2.05, 4.69) is 57.2 Å². The molecule has 0 radical (unpaired) electrons. The van der Waals surface area contributed by atoms with Crippen LogP contribution in [0.25, 0.3) is 0 Å². The topological polar surface area (TPSA) is 9.23 Å². The Balaban J connectivity index is 4.41. The van der Waals surface area contributed by atoms with Crippen LogP contribution in [0.3, 0.4) is 0 Å². The molecule has 0 spiro atoms. The minimum atomic E-state index is -1.39. The molecule has 14 heavy (non-hydrogen) atoms. The Hall–Kier alpha value is 0.907. The van der Waals surface area contributed by atoms with Gasteiger partial charge in [0.1, 0.15) is 0 Å². The van der Waals surface area contributed by atoms with E-state index >= 15 is 0 Å². The summed E-state index contributed by atoms with van der Waals surface area (Å²) < 4.78 is 7.63. The average molecular weight is 328 g/mol. The highest BCUT2D eigenvalue weighted by molar-refractivity contribution is 14.1. The number of alkyl halides is 1. The molecule has 0 aliphatic carbocycles. The van der Waals surface area contributed by atoms with Crippen LogP contribution in [0.15, 0.2) is 0 Å². The molecule has 0 aliphatic rings. The molecule has 0 aromatic carbocycles. The molecule has 0 bridgehead atoms. The van der Waals surface area contributed by atoms with Gasteiger partial charge in [0, 0.05) is 4.43 Å². The Kier molecular flexibility index (Phi) is 6.90. The quantitative estimate of drug-likeness (QED) is 0.377. The van der Waals surface area contributed by atoms with Crippen LogP contribution >= 0.6 is 22.6 Å². The van der Waals surface area contributed by atoms with Crippen molar-refractivity contribution in [3.05, 3.63) is 0 Å². The van der Waals surface area contributed by atoms with Crippen molar-refractivity contribution in [2.75, 3.05) is 4.43 Å². The van der Waals surface area contributed by atoms with E-state index in [0.717, 1.165) is 0 Å². The Morgan fingerprint density at radius 2 is 1.50 bits per heavy atom. The van der Waals surface area contributed by atoms with Crippen LogP contribution in [0.2, 0.25) is 18.1 Å². The second-order valence-corrected chi connectivity index (χ2v) is 10.3. The molecule has 1 nitrogen and oxygen atoms in total. The van der Waals surface area contributed by atoms with Gasteiger partial charge in [-0.15, -0.1) is 0 Å². The SMILES string of the molecule is CC[Si](CC)(CC)OC(C)(C)CCI. The lowest BCUT2D eigenvalue weighted by atomic mass is 10.1. The van der Waals surface area contributed by atoms with Crippen LogP contribution in [0, 0.1) is 0 Å². The van der Waals surface area contributed by atoms with E-state index in [9.17, 15) is 0 Å². The van der Waals surface area contributed by atoms with Crippen molar-refractivity contribution < 1.29 is 4.43 Å². The van der Waals surface area contributed by atoms with Gasteiger partial charge >= 0.3 is 0 Å². The van der Waals surface area contributed by atoms with Crippen molar-refractivity contribution in [2.24, 2.45) is 0 Å². The van der Waals surface area contributed by atoms with Crippen molar-refractivity contribution in [1.29, 1.82) is 0 Å². The third-order valence-electron chi connectivity index (χ3n) is 3.12. The summed E-state index contributed by atoms with van der Waals surface area (Å²) in [6.45, 7) is 11.4. The molecule has 0 unspecified atom stereocenters. The van der Waals surface area contributed by atoms with Gasteiger partial charge < -0.3 is 4.43 Å². The lowest BCUT2D eigenvalue weighted by Gasteiger charge is -2.38. The molecule has 0 saturated carbocycles. The Morgan fingerprint density at radius 1 is 1.07 bits per heavy atom. The van der Waals surface area contributed by atoms with Crippen molar-refractivity contribution in [1.82, 2.24) is 0 Å². The van der Waals surface area contributed by atoms with E-state index in [1.165, 1.54) is 29.0 Å². The largest absolute Gasteiger partial charge is 0.412 e. The average Bonchev–Trinajstić information content (AvgIpc) is 2.14. The maximum Gasteiger partial charge on any atom is 0.192 e. The summed E-state index contributed by atoms with van der Waals surface area (Å²) in [6.07, 6.45) is 1.17. The van der Waals surface area contributed by atoms with Crippen LogP contribution in [0.1, 0.15) is 41.0 Å². The third-order valence-corrected chi connectivity index (χ3v) is 8.51. The lowest BCUT2D eigenvalue weighted by Crippen LogP contribution is -2.44. The van der Waals surface area contributed by atoms with Crippen molar-refractivity contribution in [3.63, 3.8) is 0 Å². The van der Waals surface area contributed by atoms with Gasteiger partial charge in [0.15, 0.2) is 8.32 Å². The fourth-order valence-corrected chi connectivity index (χ4v) is 6.34. The predicted octanol–water partition coefficient (Wildman–Crippen LogP) is 4.61. The minimum absolute atomic E-state index is 0.0927. The Bertz CT molecular complexity index is 147. The normalized spacial score (nSPS) is 13.3. The van der Waals surface area contributed by atoms with E-state index < -0.39 is 8.32 Å². The first kappa shape index (κ1) is 14.9. The zero-order valence-corrected chi connectivity index (χ0v) is 13.5. The summed E-state index contributed by atoms with van der Waals surface area (Å²) in [7, 11) is -1.39. The standard InChI is InChI=1S/C11H25IOSi/c1-6-14(7-2,8-3)13-11(4,5)9-10-12/h6-10H2,1-5H3. The predicted molar refractivity (Wildman–Crippen MR) is 75.9 cm³/mol. The molecule has 0 aromatic rings. The number of halogens is 1. The maximum atomic E-state index is 6.45. The summed E-state index contributed by atoms with van der Waals surface area (Å²) >= 11 is 2.44. The van der Waals surface area contributed by atoms with Gasteiger partial charge in [-0.2, -0.15) is 0 Å². The highest BCUT2D eigenvalue weighted by Crippen LogP contribution is 2.29. The summed E-state index contributed by atoms with van der Waals surface area (Å²) in [5, 5.41) is 0. The number of hydrogen-bond donors (Lipinski definition) is 0. The lowest BCUT2D eigenvalue weighted by molar-refractivity contribution is 0.0933. The molecule has 3 heteroatoms. The van der Waals surface area contributed by atoms with Gasteiger partial charge in [-0.1, -0.05) is 43.4 Å². The van der Waals surface area contributed by atoms with Crippen LogP contribution in [-0.2, 0) is 4.43 Å². The van der Waals surface area contributed by atoms with Crippen LogP contribution in [-0.4, -0.2) is 18.3 Å². The Morgan fingerprint density at radius 3 is 1.79 bits per heavy atom. The molecule has 0 heterocycles. The molecule has 0 amide bonds. The summed E-state index contributed by atoms with van der Waals surface area (Å²) in [5.41, 5.74) is 0.0927. The second kappa shape index (κ2) is 6.48. The molecule has 0 aliphatic heterocycles.